The fourth-order valence-electron chi connectivity index (χ4n) is 5.76. The van der Waals surface area contributed by atoms with E-state index in [9.17, 15) is 13.7 Å². The van der Waals surface area contributed by atoms with Crippen LogP contribution in [0.25, 0.3) is 11.3 Å². The molecular formula is C30H33N5O4S. The fraction of sp³-hybridized carbons (Fsp3) is 0.400. The minimum absolute atomic E-state index is 0.0394. The van der Waals surface area contributed by atoms with E-state index in [-0.39, 0.29) is 18.2 Å². The molecule has 0 bridgehead atoms. The third-order valence-electron chi connectivity index (χ3n) is 8.00. The molecule has 0 spiro atoms. The van der Waals surface area contributed by atoms with E-state index in [4.69, 9.17) is 9.47 Å². The zero-order valence-electron chi connectivity index (χ0n) is 22.5. The molecule has 9 nitrogen and oxygen atoms in total. The summed E-state index contributed by atoms with van der Waals surface area (Å²) in [4.78, 5) is 6.89. The molecule has 1 unspecified atom stereocenters. The SMILES string of the molecule is CS(=O)(=O)N1CCN(c2ccc(C3=C[C@@H]4C(c5ccc(OC6CCOCC6)c(C#N)c5)=CC=NC4N3)cc2)CC1. The molecule has 4 aliphatic rings. The summed E-state index contributed by atoms with van der Waals surface area (Å²) in [6, 6.07) is 16.5. The largest absolute Gasteiger partial charge is 0.489 e. The standard InChI is InChI=1S/C30H33N5O4S/c1-40(36,37)35-14-12-34(13-15-35)24-5-2-21(3-6-24)28-19-27-26(8-11-32-30(27)33-28)22-4-7-29(23(18-22)20-31)39-25-9-16-38-17-10-25/h2-8,11,18-19,25,27,30,33H,9-10,12-17H2,1H3/t27-,30?/m1/s1. The average molecular weight is 560 g/mol. The lowest BCUT2D eigenvalue weighted by atomic mass is 9.88. The number of nitrogens with zero attached hydrogens (tertiary/aromatic N) is 4. The normalized spacial score (nSPS) is 23.6. The molecule has 4 heterocycles. The van der Waals surface area contributed by atoms with Crippen LogP contribution in [0.15, 0.2) is 59.6 Å². The molecule has 0 aromatic heterocycles. The van der Waals surface area contributed by atoms with Gasteiger partial charge in [-0.15, -0.1) is 0 Å². The van der Waals surface area contributed by atoms with E-state index in [1.807, 2.05) is 30.5 Å². The molecule has 0 aliphatic carbocycles. The summed E-state index contributed by atoms with van der Waals surface area (Å²) in [5.41, 5.74) is 5.80. The quantitative estimate of drug-likeness (QED) is 0.579. The molecule has 4 aliphatic heterocycles. The van der Waals surface area contributed by atoms with E-state index < -0.39 is 10.0 Å². The molecule has 0 saturated carbocycles. The van der Waals surface area contributed by atoms with Gasteiger partial charge in [-0.25, -0.2) is 8.42 Å². The van der Waals surface area contributed by atoms with Crippen LogP contribution in [0.1, 0.15) is 29.5 Å². The Kier molecular flexibility index (Phi) is 7.36. The lowest BCUT2D eigenvalue weighted by Gasteiger charge is -2.34. The van der Waals surface area contributed by atoms with Gasteiger partial charge in [0.15, 0.2) is 0 Å². The van der Waals surface area contributed by atoms with Gasteiger partial charge < -0.3 is 19.7 Å². The van der Waals surface area contributed by atoms with Crippen molar-refractivity contribution in [2.24, 2.45) is 10.9 Å². The molecule has 6 rings (SSSR count). The number of allylic oxidation sites excluding steroid dienone is 1. The molecule has 2 saturated heterocycles. The molecule has 2 aromatic carbocycles. The van der Waals surface area contributed by atoms with Crippen LogP contribution in [0.3, 0.4) is 0 Å². The van der Waals surface area contributed by atoms with Gasteiger partial charge in [-0.3, -0.25) is 4.99 Å². The molecule has 0 radical (unpaired) electrons. The zero-order valence-corrected chi connectivity index (χ0v) is 23.3. The first-order valence-corrected chi connectivity index (χ1v) is 15.5. The van der Waals surface area contributed by atoms with Gasteiger partial charge in [-0.05, 0) is 53.1 Å². The Labute approximate surface area is 235 Å². The van der Waals surface area contributed by atoms with Gasteiger partial charge in [0.25, 0.3) is 0 Å². The number of nitriles is 1. The topological polar surface area (TPSA) is 107 Å². The van der Waals surface area contributed by atoms with Gasteiger partial charge in [0.2, 0.25) is 10.0 Å². The summed E-state index contributed by atoms with van der Waals surface area (Å²) >= 11 is 0. The highest BCUT2D eigenvalue weighted by Crippen LogP contribution is 2.38. The minimum atomic E-state index is -3.15. The molecule has 2 aromatic rings. The Morgan fingerprint density at radius 2 is 1.77 bits per heavy atom. The Morgan fingerprint density at radius 1 is 1.05 bits per heavy atom. The first kappa shape index (κ1) is 26.6. The molecule has 40 heavy (non-hydrogen) atoms. The van der Waals surface area contributed by atoms with Crippen molar-refractivity contribution in [3.05, 3.63) is 71.3 Å². The maximum absolute atomic E-state index is 11.8. The first-order chi connectivity index (χ1) is 19.4. The Balaban J connectivity index is 1.16. The number of fused-ring (bicyclic) bond motifs is 1. The van der Waals surface area contributed by atoms with E-state index in [2.05, 4.69) is 51.6 Å². The second kappa shape index (κ2) is 11.1. The van der Waals surface area contributed by atoms with Gasteiger partial charge in [0.05, 0.1) is 25.0 Å². The third-order valence-corrected chi connectivity index (χ3v) is 9.30. The number of nitrogens with one attached hydrogen (secondary N) is 1. The summed E-state index contributed by atoms with van der Waals surface area (Å²) in [6.07, 6.45) is 8.96. The van der Waals surface area contributed by atoms with Crippen molar-refractivity contribution in [2.75, 3.05) is 50.5 Å². The Morgan fingerprint density at radius 3 is 2.48 bits per heavy atom. The predicted octanol–water partition coefficient (Wildman–Crippen LogP) is 3.25. The summed E-state index contributed by atoms with van der Waals surface area (Å²) in [6.45, 7) is 3.72. The van der Waals surface area contributed by atoms with Crippen LogP contribution in [0.5, 0.6) is 5.75 Å². The molecule has 1 N–H and O–H groups in total. The number of sulfonamides is 1. The van der Waals surface area contributed by atoms with Crippen molar-refractivity contribution in [3.63, 3.8) is 0 Å². The fourth-order valence-corrected chi connectivity index (χ4v) is 6.58. The Hall–Kier alpha value is -3.65. The average Bonchev–Trinajstić information content (AvgIpc) is 3.42. The maximum atomic E-state index is 11.8. The van der Waals surface area contributed by atoms with E-state index >= 15 is 0 Å². The number of rotatable bonds is 6. The van der Waals surface area contributed by atoms with Crippen molar-refractivity contribution in [3.8, 4) is 11.8 Å². The van der Waals surface area contributed by atoms with Crippen LogP contribution in [-0.2, 0) is 14.8 Å². The van der Waals surface area contributed by atoms with Gasteiger partial charge in [0, 0.05) is 62.5 Å². The number of aliphatic imine (C=N–C) groups is 1. The summed E-state index contributed by atoms with van der Waals surface area (Å²) in [5.74, 6) is 0.663. The number of dihydropyridines is 1. The second-order valence-electron chi connectivity index (χ2n) is 10.6. The van der Waals surface area contributed by atoms with E-state index in [0.29, 0.717) is 50.7 Å². The van der Waals surface area contributed by atoms with Gasteiger partial charge in [-0.2, -0.15) is 9.57 Å². The zero-order chi connectivity index (χ0) is 27.7. The van der Waals surface area contributed by atoms with Crippen LogP contribution in [0, 0.1) is 17.2 Å². The van der Waals surface area contributed by atoms with Crippen LogP contribution in [-0.4, -0.2) is 76.9 Å². The summed E-state index contributed by atoms with van der Waals surface area (Å²) in [7, 11) is -3.15. The molecule has 10 heteroatoms. The van der Waals surface area contributed by atoms with E-state index in [1.54, 1.807) is 0 Å². The van der Waals surface area contributed by atoms with E-state index in [1.165, 1.54) is 10.6 Å². The van der Waals surface area contributed by atoms with Crippen molar-refractivity contribution in [1.82, 2.24) is 9.62 Å². The lowest BCUT2D eigenvalue weighted by Crippen LogP contribution is -2.48. The molecule has 2 atom stereocenters. The Bertz CT molecular complexity index is 1500. The van der Waals surface area contributed by atoms with Crippen LogP contribution >= 0.6 is 0 Å². The number of hydrogen-bond acceptors (Lipinski definition) is 8. The number of hydrogen-bond donors (Lipinski definition) is 1. The smallest absolute Gasteiger partial charge is 0.211 e. The van der Waals surface area contributed by atoms with Crippen molar-refractivity contribution < 1.29 is 17.9 Å². The minimum Gasteiger partial charge on any atom is -0.489 e. The van der Waals surface area contributed by atoms with Gasteiger partial charge >= 0.3 is 0 Å². The van der Waals surface area contributed by atoms with Gasteiger partial charge in [-0.1, -0.05) is 18.2 Å². The van der Waals surface area contributed by atoms with Crippen LogP contribution < -0.4 is 15.0 Å². The van der Waals surface area contributed by atoms with Crippen LogP contribution in [0.2, 0.25) is 0 Å². The third kappa shape index (κ3) is 5.50. The van der Waals surface area contributed by atoms with Crippen LogP contribution in [0.4, 0.5) is 5.69 Å². The number of piperazine rings is 1. The lowest BCUT2D eigenvalue weighted by molar-refractivity contribution is 0.0254. The van der Waals surface area contributed by atoms with E-state index in [0.717, 1.165) is 40.9 Å². The maximum Gasteiger partial charge on any atom is 0.211 e. The highest BCUT2D eigenvalue weighted by Gasteiger charge is 2.32. The number of anilines is 1. The molecular weight excluding hydrogens is 526 g/mol. The first-order valence-electron chi connectivity index (χ1n) is 13.7. The van der Waals surface area contributed by atoms with Crippen molar-refractivity contribution >= 4 is 33.2 Å². The number of benzene rings is 2. The highest BCUT2D eigenvalue weighted by molar-refractivity contribution is 7.88. The highest BCUT2D eigenvalue weighted by atomic mass is 32.2. The molecule has 2 fully saturated rings. The predicted molar refractivity (Wildman–Crippen MR) is 156 cm³/mol. The van der Waals surface area contributed by atoms with Crippen molar-refractivity contribution in [1.29, 1.82) is 5.26 Å². The molecule has 0 amide bonds. The molecule has 208 valence electrons. The summed E-state index contributed by atoms with van der Waals surface area (Å²) < 4.78 is 36.7. The number of ether oxygens (including phenoxy) is 2. The second-order valence-corrected chi connectivity index (χ2v) is 12.5. The van der Waals surface area contributed by atoms with Crippen molar-refractivity contribution in [2.45, 2.75) is 25.1 Å². The summed E-state index contributed by atoms with van der Waals surface area (Å²) in [5, 5.41) is 13.4. The van der Waals surface area contributed by atoms with Gasteiger partial charge in [0.1, 0.15) is 24.1 Å². The monoisotopic (exact) mass is 559 g/mol.